The summed E-state index contributed by atoms with van der Waals surface area (Å²) in [5, 5.41) is 18.6. The number of carbonyl (C=O) groups is 2. The van der Waals surface area contributed by atoms with Gasteiger partial charge in [0.15, 0.2) is 5.41 Å². The van der Waals surface area contributed by atoms with E-state index in [-0.39, 0.29) is 64.6 Å². The molecular weight excluding hydrogens is 418 g/mol. The summed E-state index contributed by atoms with van der Waals surface area (Å²) in [6, 6.07) is 0. The smallest absolute Gasteiger partial charge is 1.00 e. The second kappa shape index (κ2) is 16.0. The van der Waals surface area contributed by atoms with Crippen LogP contribution in [0.1, 0.15) is 100 Å². The van der Waals surface area contributed by atoms with Gasteiger partial charge < -0.3 is 13.1 Å². The standard InChI is InChI=1S/C18H34O4.Ba.2H/c1-3-5-6-7-8-9-10-11-12-13-15-18(14-4-2,16(19)20)17(21)22;;;/h3-15H2,1-2H3,(H,19,20)(H,21,22);;;/q;+2;2*-1. The van der Waals surface area contributed by atoms with E-state index in [2.05, 4.69) is 6.92 Å². The largest absolute Gasteiger partial charge is 2.00 e. The molecule has 0 saturated carbocycles. The van der Waals surface area contributed by atoms with Gasteiger partial charge in [0.25, 0.3) is 0 Å². The Morgan fingerprint density at radius 1 is 0.696 bits per heavy atom. The van der Waals surface area contributed by atoms with Crippen LogP contribution < -0.4 is 0 Å². The summed E-state index contributed by atoms with van der Waals surface area (Å²) >= 11 is 0. The fraction of sp³-hybridized carbons (Fsp3) is 0.889. The normalized spacial score (nSPS) is 11.0. The second-order valence-corrected chi connectivity index (χ2v) is 6.37. The number of hydrogen-bond acceptors (Lipinski definition) is 2. The van der Waals surface area contributed by atoms with Gasteiger partial charge in [-0.05, 0) is 12.8 Å². The molecule has 0 amide bonds. The number of carboxylic acids is 2. The van der Waals surface area contributed by atoms with E-state index in [1.807, 2.05) is 6.92 Å². The van der Waals surface area contributed by atoms with Gasteiger partial charge in [0.2, 0.25) is 0 Å². The van der Waals surface area contributed by atoms with Crippen molar-refractivity contribution in [3.8, 4) is 0 Å². The molecular formula is C18H36BaO4. The van der Waals surface area contributed by atoms with Crippen LogP contribution in [-0.4, -0.2) is 71.0 Å². The van der Waals surface area contributed by atoms with Gasteiger partial charge in [-0.15, -0.1) is 0 Å². The summed E-state index contributed by atoms with van der Waals surface area (Å²) in [5.41, 5.74) is -1.57. The maximum Gasteiger partial charge on any atom is 2.00 e. The molecule has 0 heterocycles. The Kier molecular flexibility index (Phi) is 17.9. The van der Waals surface area contributed by atoms with Gasteiger partial charge in [-0.3, -0.25) is 9.59 Å². The molecule has 134 valence electrons. The van der Waals surface area contributed by atoms with Crippen molar-refractivity contribution in [3.05, 3.63) is 0 Å². The van der Waals surface area contributed by atoms with E-state index >= 15 is 0 Å². The summed E-state index contributed by atoms with van der Waals surface area (Å²) in [5.74, 6) is -2.37. The van der Waals surface area contributed by atoms with E-state index in [1.165, 1.54) is 44.9 Å². The first kappa shape index (κ1) is 25.7. The van der Waals surface area contributed by atoms with Crippen molar-refractivity contribution in [1.82, 2.24) is 0 Å². The molecule has 0 aliphatic heterocycles. The van der Waals surface area contributed by atoms with E-state index in [4.69, 9.17) is 0 Å². The molecule has 5 heteroatoms. The third kappa shape index (κ3) is 10.9. The number of aliphatic carboxylic acids is 2. The Hall–Kier alpha value is 0.511. The topological polar surface area (TPSA) is 74.6 Å². The van der Waals surface area contributed by atoms with Crippen molar-refractivity contribution < 1.29 is 22.7 Å². The third-order valence-electron chi connectivity index (χ3n) is 4.45. The second-order valence-electron chi connectivity index (χ2n) is 6.37. The number of rotatable bonds is 15. The van der Waals surface area contributed by atoms with Crippen LogP contribution in [0.2, 0.25) is 0 Å². The summed E-state index contributed by atoms with van der Waals surface area (Å²) in [7, 11) is 0. The molecule has 0 aromatic rings. The van der Waals surface area contributed by atoms with Crippen molar-refractivity contribution in [2.75, 3.05) is 0 Å². The molecule has 0 rings (SSSR count). The molecule has 0 radical (unpaired) electrons. The van der Waals surface area contributed by atoms with Crippen LogP contribution in [0.3, 0.4) is 0 Å². The first-order valence-electron chi connectivity index (χ1n) is 8.98. The van der Waals surface area contributed by atoms with Gasteiger partial charge in [-0.1, -0.05) is 84.5 Å². The van der Waals surface area contributed by atoms with Crippen molar-refractivity contribution in [2.45, 2.75) is 97.3 Å². The van der Waals surface area contributed by atoms with E-state index < -0.39 is 17.4 Å². The summed E-state index contributed by atoms with van der Waals surface area (Å²) in [6.45, 7) is 4.05. The Morgan fingerprint density at radius 3 is 1.43 bits per heavy atom. The van der Waals surface area contributed by atoms with E-state index in [0.717, 1.165) is 12.8 Å². The third-order valence-corrected chi connectivity index (χ3v) is 4.45. The molecule has 0 aliphatic rings. The van der Waals surface area contributed by atoms with Crippen molar-refractivity contribution >= 4 is 60.8 Å². The molecule has 0 aliphatic carbocycles. The minimum absolute atomic E-state index is 0. The average Bonchev–Trinajstić information content (AvgIpc) is 2.47. The summed E-state index contributed by atoms with van der Waals surface area (Å²) < 4.78 is 0. The van der Waals surface area contributed by atoms with Crippen molar-refractivity contribution in [1.29, 1.82) is 0 Å². The molecule has 23 heavy (non-hydrogen) atoms. The average molecular weight is 454 g/mol. The molecule has 0 aromatic heterocycles. The Bertz CT molecular complexity index is 314. The molecule has 0 aromatic carbocycles. The Balaban J connectivity index is -0.000000735. The van der Waals surface area contributed by atoms with Crippen LogP contribution in [0, 0.1) is 5.41 Å². The maximum atomic E-state index is 11.4. The van der Waals surface area contributed by atoms with E-state index in [9.17, 15) is 19.8 Å². The van der Waals surface area contributed by atoms with Gasteiger partial charge in [0, 0.05) is 0 Å². The van der Waals surface area contributed by atoms with E-state index in [0.29, 0.717) is 12.8 Å². The molecule has 0 unspecified atom stereocenters. The summed E-state index contributed by atoms with van der Waals surface area (Å²) in [4.78, 5) is 22.7. The van der Waals surface area contributed by atoms with Crippen LogP contribution in [-0.2, 0) is 9.59 Å². The fourth-order valence-corrected chi connectivity index (χ4v) is 2.99. The molecule has 4 nitrogen and oxygen atoms in total. The Labute approximate surface area is 184 Å². The zero-order valence-electron chi connectivity index (χ0n) is 17.1. The molecule has 0 spiro atoms. The summed E-state index contributed by atoms with van der Waals surface area (Å²) in [6.07, 6.45) is 12.7. The predicted octanol–water partition coefficient (Wildman–Crippen LogP) is 5.10. The SMILES string of the molecule is CCCCCCCCCCCCC(CCC)(C(=O)O)C(=O)O.[Ba+2].[H-].[H-]. The zero-order chi connectivity index (χ0) is 16.8. The van der Waals surface area contributed by atoms with Gasteiger partial charge in [0.05, 0.1) is 0 Å². The van der Waals surface area contributed by atoms with Crippen LogP contribution >= 0.6 is 0 Å². The predicted molar refractivity (Wildman–Crippen MR) is 97.1 cm³/mol. The monoisotopic (exact) mass is 454 g/mol. The molecule has 0 bridgehead atoms. The molecule has 0 saturated heterocycles. The fourth-order valence-electron chi connectivity index (χ4n) is 2.99. The zero-order valence-corrected chi connectivity index (χ0v) is 19.6. The number of carboxylic acid groups (broad SMARTS) is 2. The van der Waals surface area contributed by atoms with Crippen LogP contribution in [0.25, 0.3) is 0 Å². The van der Waals surface area contributed by atoms with Gasteiger partial charge >= 0.3 is 60.8 Å². The minimum atomic E-state index is -1.57. The van der Waals surface area contributed by atoms with Gasteiger partial charge in [-0.2, -0.15) is 0 Å². The van der Waals surface area contributed by atoms with Crippen LogP contribution in [0.5, 0.6) is 0 Å². The molecule has 2 N–H and O–H groups in total. The van der Waals surface area contributed by atoms with Crippen LogP contribution in [0.4, 0.5) is 0 Å². The molecule has 0 atom stereocenters. The van der Waals surface area contributed by atoms with E-state index in [1.54, 1.807) is 0 Å². The molecule has 0 fully saturated rings. The number of hydrogen-bond donors (Lipinski definition) is 2. The van der Waals surface area contributed by atoms with Gasteiger partial charge in [0.1, 0.15) is 0 Å². The first-order valence-corrected chi connectivity index (χ1v) is 8.98. The minimum Gasteiger partial charge on any atom is -1.00 e. The first-order chi connectivity index (χ1) is 10.5. The maximum absolute atomic E-state index is 11.4. The van der Waals surface area contributed by atoms with Crippen molar-refractivity contribution in [3.63, 3.8) is 0 Å². The Morgan fingerprint density at radius 2 is 1.09 bits per heavy atom. The van der Waals surface area contributed by atoms with Crippen LogP contribution in [0.15, 0.2) is 0 Å². The van der Waals surface area contributed by atoms with Gasteiger partial charge in [-0.25, -0.2) is 0 Å². The van der Waals surface area contributed by atoms with Crippen molar-refractivity contribution in [2.24, 2.45) is 5.41 Å². The quantitative estimate of drug-likeness (QED) is 0.205. The number of unbranched alkanes of at least 4 members (excludes halogenated alkanes) is 9.